The molecule has 4 aromatic rings. The SMILES string of the molecule is O=C(C=Cc1cc(Br)ccc1F)OCc1cc(=O)n2c(n1)sc1ccccc12. The molecule has 0 unspecified atom stereocenters. The zero-order valence-corrected chi connectivity index (χ0v) is 16.7. The van der Waals surface area contributed by atoms with Gasteiger partial charge in [-0.25, -0.2) is 14.2 Å². The number of fused-ring (bicyclic) bond motifs is 3. The van der Waals surface area contributed by atoms with Crippen LogP contribution in [0.15, 0.2) is 63.9 Å². The Kier molecular flexibility index (Phi) is 5.06. The number of esters is 1. The summed E-state index contributed by atoms with van der Waals surface area (Å²) in [6, 6.07) is 13.3. The molecule has 0 bridgehead atoms. The van der Waals surface area contributed by atoms with Crippen molar-refractivity contribution in [3.05, 3.63) is 86.5 Å². The topological polar surface area (TPSA) is 60.7 Å². The van der Waals surface area contributed by atoms with Crippen LogP contribution in [0, 0.1) is 5.82 Å². The van der Waals surface area contributed by atoms with E-state index in [1.54, 1.807) is 12.1 Å². The number of ether oxygens (including phenoxy) is 1. The van der Waals surface area contributed by atoms with Crippen LogP contribution in [-0.4, -0.2) is 15.4 Å². The van der Waals surface area contributed by atoms with Crippen LogP contribution in [0.5, 0.6) is 0 Å². The van der Waals surface area contributed by atoms with E-state index in [1.165, 1.54) is 33.9 Å². The number of rotatable bonds is 4. The van der Waals surface area contributed by atoms with E-state index in [2.05, 4.69) is 20.9 Å². The van der Waals surface area contributed by atoms with Crippen LogP contribution in [0.1, 0.15) is 11.3 Å². The predicted molar refractivity (Wildman–Crippen MR) is 110 cm³/mol. The van der Waals surface area contributed by atoms with E-state index in [0.29, 0.717) is 15.1 Å². The zero-order chi connectivity index (χ0) is 19.7. The Morgan fingerprint density at radius 1 is 1.25 bits per heavy atom. The zero-order valence-electron chi connectivity index (χ0n) is 14.3. The number of hydrogen-bond acceptors (Lipinski definition) is 5. The Labute approximate surface area is 170 Å². The number of aromatic nitrogens is 2. The molecule has 28 heavy (non-hydrogen) atoms. The van der Waals surface area contributed by atoms with Crippen molar-refractivity contribution in [1.82, 2.24) is 9.38 Å². The van der Waals surface area contributed by atoms with Gasteiger partial charge in [0.05, 0.1) is 15.9 Å². The van der Waals surface area contributed by atoms with E-state index < -0.39 is 11.8 Å². The largest absolute Gasteiger partial charge is 0.456 e. The molecule has 2 heterocycles. The normalized spacial score (nSPS) is 11.5. The van der Waals surface area contributed by atoms with Gasteiger partial charge in [-0.3, -0.25) is 9.20 Å². The van der Waals surface area contributed by atoms with Gasteiger partial charge in [0.1, 0.15) is 12.4 Å². The first-order chi connectivity index (χ1) is 13.5. The van der Waals surface area contributed by atoms with Crippen LogP contribution in [0.4, 0.5) is 4.39 Å². The molecule has 0 atom stereocenters. The lowest BCUT2D eigenvalue weighted by Crippen LogP contribution is -2.15. The van der Waals surface area contributed by atoms with Gasteiger partial charge in [0.2, 0.25) is 0 Å². The lowest BCUT2D eigenvalue weighted by Gasteiger charge is -2.02. The van der Waals surface area contributed by atoms with Crippen LogP contribution >= 0.6 is 27.3 Å². The maximum atomic E-state index is 13.7. The third kappa shape index (κ3) is 3.74. The number of nitrogens with zero attached hydrogens (tertiary/aromatic N) is 2. The van der Waals surface area contributed by atoms with Crippen LogP contribution in [-0.2, 0) is 16.1 Å². The second-order valence-electron chi connectivity index (χ2n) is 5.88. The Balaban J connectivity index is 1.51. The first-order valence-electron chi connectivity index (χ1n) is 8.21. The highest BCUT2D eigenvalue weighted by Crippen LogP contribution is 2.23. The fraction of sp³-hybridized carbons (Fsp3) is 0.0500. The van der Waals surface area contributed by atoms with Crippen LogP contribution in [0.25, 0.3) is 21.3 Å². The minimum absolute atomic E-state index is 0.149. The van der Waals surface area contributed by atoms with Gasteiger partial charge < -0.3 is 4.74 Å². The minimum Gasteiger partial charge on any atom is -0.456 e. The summed E-state index contributed by atoms with van der Waals surface area (Å²) in [6.45, 7) is -0.149. The third-order valence-electron chi connectivity index (χ3n) is 3.97. The molecule has 4 rings (SSSR count). The van der Waals surface area contributed by atoms with Gasteiger partial charge >= 0.3 is 5.97 Å². The number of carbonyl (C=O) groups is 1. The summed E-state index contributed by atoms with van der Waals surface area (Å²) < 4.78 is 22.0. The molecule has 0 fully saturated rings. The smallest absolute Gasteiger partial charge is 0.331 e. The van der Waals surface area contributed by atoms with Gasteiger partial charge in [0.15, 0.2) is 4.96 Å². The average Bonchev–Trinajstić information content (AvgIpc) is 3.06. The Morgan fingerprint density at radius 3 is 2.93 bits per heavy atom. The van der Waals surface area contributed by atoms with Crippen molar-refractivity contribution in [2.45, 2.75) is 6.61 Å². The highest BCUT2D eigenvalue weighted by atomic mass is 79.9. The van der Waals surface area contributed by atoms with E-state index in [-0.39, 0.29) is 17.7 Å². The molecule has 8 heteroatoms. The van der Waals surface area contributed by atoms with E-state index in [9.17, 15) is 14.0 Å². The third-order valence-corrected chi connectivity index (χ3v) is 5.48. The van der Waals surface area contributed by atoms with Gasteiger partial charge in [-0.15, -0.1) is 0 Å². The molecular formula is C20H12BrFN2O3S. The second-order valence-corrected chi connectivity index (χ2v) is 7.81. The van der Waals surface area contributed by atoms with E-state index in [4.69, 9.17) is 4.74 Å². The van der Waals surface area contributed by atoms with Gasteiger partial charge in [-0.2, -0.15) is 0 Å². The number of hydrogen-bond donors (Lipinski definition) is 0. The van der Waals surface area contributed by atoms with Gasteiger partial charge in [-0.05, 0) is 36.4 Å². The molecule has 0 radical (unpaired) electrons. The highest BCUT2D eigenvalue weighted by molar-refractivity contribution is 9.10. The quantitative estimate of drug-likeness (QED) is 0.332. The van der Waals surface area contributed by atoms with E-state index >= 15 is 0 Å². The summed E-state index contributed by atoms with van der Waals surface area (Å²) >= 11 is 4.63. The molecule has 0 amide bonds. The predicted octanol–water partition coefficient (Wildman–Crippen LogP) is 4.57. The summed E-state index contributed by atoms with van der Waals surface area (Å²) in [4.78, 5) is 29.3. The van der Waals surface area contributed by atoms with E-state index in [1.807, 2.05) is 24.3 Å². The van der Waals surface area contributed by atoms with Crippen molar-refractivity contribution < 1.29 is 13.9 Å². The summed E-state index contributed by atoms with van der Waals surface area (Å²) in [5, 5.41) is 0. The number of thiazole rings is 1. The monoisotopic (exact) mass is 458 g/mol. The van der Waals surface area contributed by atoms with Gasteiger partial charge in [0.25, 0.3) is 5.56 Å². The van der Waals surface area contributed by atoms with Crippen LogP contribution in [0.3, 0.4) is 0 Å². The molecule has 2 aromatic heterocycles. The molecule has 0 saturated carbocycles. The fourth-order valence-electron chi connectivity index (χ4n) is 2.69. The molecule has 0 aliphatic rings. The molecule has 140 valence electrons. The summed E-state index contributed by atoms with van der Waals surface area (Å²) in [7, 11) is 0. The number of carbonyl (C=O) groups excluding carboxylic acids is 1. The van der Waals surface area contributed by atoms with Gasteiger partial charge in [0, 0.05) is 22.2 Å². The Bertz CT molecular complexity index is 1300. The van der Waals surface area contributed by atoms with Crippen molar-refractivity contribution in [3.8, 4) is 0 Å². The summed E-state index contributed by atoms with van der Waals surface area (Å²) in [5.74, 6) is -1.10. The number of benzene rings is 2. The Morgan fingerprint density at radius 2 is 2.07 bits per heavy atom. The highest BCUT2D eigenvalue weighted by Gasteiger charge is 2.10. The van der Waals surface area contributed by atoms with Crippen molar-refractivity contribution >= 4 is 54.5 Å². The molecule has 2 aromatic carbocycles. The lowest BCUT2D eigenvalue weighted by atomic mass is 10.2. The molecule has 0 N–H and O–H groups in total. The second kappa shape index (κ2) is 7.65. The van der Waals surface area contributed by atoms with Crippen molar-refractivity contribution in [1.29, 1.82) is 0 Å². The lowest BCUT2D eigenvalue weighted by molar-refractivity contribution is -0.139. The van der Waals surface area contributed by atoms with Crippen molar-refractivity contribution in [3.63, 3.8) is 0 Å². The van der Waals surface area contributed by atoms with Crippen LogP contribution < -0.4 is 5.56 Å². The molecule has 5 nitrogen and oxygen atoms in total. The first kappa shape index (κ1) is 18.5. The number of halogens is 2. The molecule has 0 spiro atoms. The fourth-order valence-corrected chi connectivity index (χ4v) is 4.12. The molecule has 0 aliphatic heterocycles. The molecular weight excluding hydrogens is 447 g/mol. The van der Waals surface area contributed by atoms with E-state index in [0.717, 1.165) is 16.3 Å². The summed E-state index contributed by atoms with van der Waals surface area (Å²) in [5.41, 5.74) is 1.17. The standard InChI is InChI=1S/C20H12BrFN2O3S/c21-13-6-7-15(22)12(9-13)5-8-19(26)27-11-14-10-18(25)24-16-3-1-2-4-17(16)28-20(24)23-14/h1-10H,11H2. The van der Waals surface area contributed by atoms with Crippen molar-refractivity contribution in [2.75, 3.05) is 0 Å². The molecule has 0 aliphatic carbocycles. The first-order valence-corrected chi connectivity index (χ1v) is 9.82. The van der Waals surface area contributed by atoms with Crippen LogP contribution in [0.2, 0.25) is 0 Å². The summed E-state index contributed by atoms with van der Waals surface area (Å²) in [6.07, 6.45) is 2.47. The maximum absolute atomic E-state index is 13.7. The minimum atomic E-state index is -0.655. The van der Waals surface area contributed by atoms with Crippen molar-refractivity contribution in [2.24, 2.45) is 0 Å². The number of para-hydroxylation sites is 1. The average molecular weight is 459 g/mol. The van der Waals surface area contributed by atoms with Gasteiger partial charge in [-0.1, -0.05) is 39.4 Å². The Hall–Kier alpha value is -2.84. The molecule has 0 saturated heterocycles. The maximum Gasteiger partial charge on any atom is 0.331 e.